The van der Waals surface area contributed by atoms with Gasteiger partial charge in [0.05, 0.1) is 6.61 Å². The lowest BCUT2D eigenvalue weighted by molar-refractivity contribution is -0.136. The summed E-state index contributed by atoms with van der Waals surface area (Å²) in [5.41, 5.74) is 4.85. The van der Waals surface area contributed by atoms with E-state index < -0.39 is 5.97 Å². The van der Waals surface area contributed by atoms with Crippen LogP contribution in [0.3, 0.4) is 0 Å². The number of aliphatic carboxylic acids is 1. The molecule has 3 nitrogen and oxygen atoms in total. The van der Waals surface area contributed by atoms with E-state index in [0.29, 0.717) is 6.42 Å². The van der Waals surface area contributed by atoms with Gasteiger partial charge in [-0.25, -0.2) is 0 Å². The van der Waals surface area contributed by atoms with E-state index in [1.165, 1.54) is 29.6 Å². The molecule has 0 aliphatic heterocycles. The first-order valence-corrected chi connectivity index (χ1v) is 7.30. The second kappa shape index (κ2) is 7.25. The summed E-state index contributed by atoms with van der Waals surface area (Å²) in [6.45, 7) is 0.159. The minimum Gasteiger partial charge on any atom is -0.481 e. The van der Waals surface area contributed by atoms with Crippen LogP contribution in [-0.4, -0.2) is 22.8 Å². The van der Waals surface area contributed by atoms with Gasteiger partial charge in [-0.15, -0.1) is 0 Å². The fourth-order valence-corrected chi connectivity index (χ4v) is 2.88. The number of aliphatic hydroxyl groups is 1. The van der Waals surface area contributed by atoms with Crippen molar-refractivity contribution in [1.82, 2.24) is 0 Å². The number of benzene rings is 1. The van der Waals surface area contributed by atoms with Crippen LogP contribution in [0.4, 0.5) is 0 Å². The molecule has 0 bridgehead atoms. The van der Waals surface area contributed by atoms with Crippen molar-refractivity contribution in [3.63, 3.8) is 0 Å². The van der Waals surface area contributed by atoms with Gasteiger partial charge in [0.2, 0.25) is 0 Å². The quantitative estimate of drug-likeness (QED) is 0.784. The molecule has 1 aromatic carbocycles. The Morgan fingerprint density at radius 3 is 2.35 bits per heavy atom. The molecule has 0 spiro atoms. The van der Waals surface area contributed by atoms with E-state index in [4.69, 9.17) is 5.11 Å². The predicted octanol–water partition coefficient (Wildman–Crippen LogP) is 3.11. The van der Waals surface area contributed by atoms with Crippen molar-refractivity contribution in [3.8, 4) is 0 Å². The number of allylic oxidation sites excluding steroid dienone is 1. The average molecular weight is 274 g/mol. The SMILES string of the molecule is O=C(O)CCc1ccccc1CC1=C(CO)CCCC1. The largest absolute Gasteiger partial charge is 0.481 e. The molecule has 0 aromatic heterocycles. The van der Waals surface area contributed by atoms with Crippen molar-refractivity contribution in [1.29, 1.82) is 0 Å². The first kappa shape index (κ1) is 14.8. The van der Waals surface area contributed by atoms with Crippen molar-refractivity contribution in [2.24, 2.45) is 0 Å². The Labute approximate surface area is 120 Å². The summed E-state index contributed by atoms with van der Waals surface area (Å²) < 4.78 is 0. The summed E-state index contributed by atoms with van der Waals surface area (Å²) in [6, 6.07) is 8.05. The minimum absolute atomic E-state index is 0.159. The molecule has 0 saturated carbocycles. The molecule has 2 N–H and O–H groups in total. The van der Waals surface area contributed by atoms with Crippen molar-refractivity contribution in [2.45, 2.75) is 44.9 Å². The molecule has 0 fully saturated rings. The average Bonchev–Trinajstić information content (AvgIpc) is 2.47. The van der Waals surface area contributed by atoms with Crippen LogP contribution in [0.15, 0.2) is 35.4 Å². The number of aryl methyl sites for hydroxylation is 1. The van der Waals surface area contributed by atoms with Crippen LogP contribution in [0.1, 0.15) is 43.2 Å². The Balaban J connectivity index is 2.16. The first-order valence-electron chi connectivity index (χ1n) is 7.30. The highest BCUT2D eigenvalue weighted by atomic mass is 16.4. The monoisotopic (exact) mass is 274 g/mol. The molecule has 0 unspecified atom stereocenters. The summed E-state index contributed by atoms with van der Waals surface area (Å²) in [4.78, 5) is 10.7. The molecule has 0 radical (unpaired) electrons. The first-order chi connectivity index (χ1) is 9.70. The van der Waals surface area contributed by atoms with Crippen LogP contribution in [-0.2, 0) is 17.6 Å². The standard InChI is InChI=1S/C17H22O3/c18-12-16-8-4-3-7-15(16)11-14-6-2-1-5-13(14)9-10-17(19)20/h1-2,5-6,18H,3-4,7-12H2,(H,19,20). The summed E-state index contributed by atoms with van der Waals surface area (Å²) in [5.74, 6) is -0.757. The number of rotatable bonds is 6. The van der Waals surface area contributed by atoms with Crippen LogP contribution in [0.5, 0.6) is 0 Å². The highest BCUT2D eigenvalue weighted by Crippen LogP contribution is 2.28. The third-order valence-corrected chi connectivity index (χ3v) is 4.03. The van der Waals surface area contributed by atoms with Crippen molar-refractivity contribution >= 4 is 5.97 Å². The second-order valence-electron chi connectivity index (χ2n) is 5.41. The molecule has 2 rings (SSSR count). The van der Waals surface area contributed by atoms with Crippen LogP contribution < -0.4 is 0 Å². The zero-order chi connectivity index (χ0) is 14.4. The maximum absolute atomic E-state index is 10.7. The highest BCUT2D eigenvalue weighted by Gasteiger charge is 2.14. The molecule has 0 atom stereocenters. The highest BCUT2D eigenvalue weighted by molar-refractivity contribution is 5.67. The molecule has 1 aliphatic carbocycles. The Morgan fingerprint density at radius 2 is 1.70 bits per heavy atom. The van der Waals surface area contributed by atoms with E-state index >= 15 is 0 Å². The van der Waals surface area contributed by atoms with Gasteiger partial charge in [-0.05, 0) is 55.2 Å². The van der Waals surface area contributed by atoms with Gasteiger partial charge in [0.15, 0.2) is 0 Å². The van der Waals surface area contributed by atoms with Gasteiger partial charge >= 0.3 is 5.97 Å². The zero-order valence-corrected chi connectivity index (χ0v) is 11.8. The molecular weight excluding hydrogens is 252 g/mol. The molecular formula is C17H22O3. The molecule has 3 heteroatoms. The van der Waals surface area contributed by atoms with Gasteiger partial charge in [-0.2, -0.15) is 0 Å². The smallest absolute Gasteiger partial charge is 0.303 e. The number of carbonyl (C=O) groups is 1. The van der Waals surface area contributed by atoms with Crippen LogP contribution in [0, 0.1) is 0 Å². The van der Waals surface area contributed by atoms with Gasteiger partial charge in [0.1, 0.15) is 0 Å². The van der Waals surface area contributed by atoms with Crippen molar-refractivity contribution < 1.29 is 15.0 Å². The molecule has 0 heterocycles. The number of carboxylic acid groups (broad SMARTS) is 1. The van der Waals surface area contributed by atoms with E-state index in [1.54, 1.807) is 0 Å². The molecule has 0 amide bonds. The van der Waals surface area contributed by atoms with E-state index in [1.807, 2.05) is 18.2 Å². The Hall–Kier alpha value is -1.61. The van der Waals surface area contributed by atoms with E-state index in [9.17, 15) is 9.90 Å². The lowest BCUT2D eigenvalue weighted by Gasteiger charge is -2.20. The molecule has 108 valence electrons. The zero-order valence-electron chi connectivity index (χ0n) is 11.8. The van der Waals surface area contributed by atoms with Crippen LogP contribution in [0.25, 0.3) is 0 Å². The molecule has 20 heavy (non-hydrogen) atoms. The predicted molar refractivity (Wildman–Crippen MR) is 78.7 cm³/mol. The second-order valence-corrected chi connectivity index (χ2v) is 5.41. The maximum atomic E-state index is 10.7. The van der Waals surface area contributed by atoms with E-state index in [2.05, 4.69) is 6.07 Å². The Kier molecular flexibility index (Phi) is 5.36. The summed E-state index contributed by atoms with van der Waals surface area (Å²) in [7, 11) is 0. The van der Waals surface area contributed by atoms with Gasteiger partial charge in [0, 0.05) is 6.42 Å². The molecule has 1 aliphatic rings. The topological polar surface area (TPSA) is 57.5 Å². The number of carboxylic acids is 1. The lowest BCUT2D eigenvalue weighted by Crippen LogP contribution is -2.08. The fourth-order valence-electron chi connectivity index (χ4n) is 2.88. The fraction of sp³-hybridized carbons (Fsp3) is 0.471. The van der Waals surface area contributed by atoms with Gasteiger partial charge in [-0.1, -0.05) is 29.8 Å². The number of aliphatic hydroxyl groups excluding tert-OH is 1. The van der Waals surface area contributed by atoms with Gasteiger partial charge in [-0.3, -0.25) is 4.79 Å². The lowest BCUT2D eigenvalue weighted by atomic mass is 9.86. The third kappa shape index (κ3) is 3.94. The molecule has 1 aromatic rings. The van der Waals surface area contributed by atoms with E-state index in [-0.39, 0.29) is 13.0 Å². The van der Waals surface area contributed by atoms with Crippen LogP contribution >= 0.6 is 0 Å². The Bertz CT molecular complexity index is 503. The molecule has 0 saturated heterocycles. The van der Waals surface area contributed by atoms with Crippen molar-refractivity contribution in [2.75, 3.05) is 6.61 Å². The third-order valence-electron chi connectivity index (χ3n) is 4.03. The summed E-state index contributed by atoms with van der Waals surface area (Å²) in [5, 5.41) is 18.3. The van der Waals surface area contributed by atoms with Crippen molar-refractivity contribution in [3.05, 3.63) is 46.5 Å². The normalized spacial score (nSPS) is 15.4. The minimum atomic E-state index is -0.757. The maximum Gasteiger partial charge on any atom is 0.303 e. The van der Waals surface area contributed by atoms with Gasteiger partial charge in [0.25, 0.3) is 0 Å². The number of hydrogen-bond acceptors (Lipinski definition) is 2. The van der Waals surface area contributed by atoms with Gasteiger partial charge < -0.3 is 10.2 Å². The summed E-state index contributed by atoms with van der Waals surface area (Å²) in [6.07, 6.45) is 6.02. The van der Waals surface area contributed by atoms with Crippen LogP contribution in [0.2, 0.25) is 0 Å². The number of hydrogen-bond donors (Lipinski definition) is 2. The Morgan fingerprint density at radius 1 is 1.05 bits per heavy atom. The summed E-state index contributed by atoms with van der Waals surface area (Å²) >= 11 is 0. The van der Waals surface area contributed by atoms with E-state index in [0.717, 1.165) is 24.8 Å².